The molecule has 69 heavy (non-hydrogen) atoms. The van der Waals surface area contributed by atoms with Crippen LogP contribution in [-0.4, -0.2) is 68.8 Å². The molecule has 0 radical (unpaired) electrons. The number of amides is 4. The van der Waals surface area contributed by atoms with E-state index in [1.54, 1.807) is 76.3 Å². The van der Waals surface area contributed by atoms with Gasteiger partial charge in [0, 0.05) is 26.1 Å². The predicted molar refractivity (Wildman–Crippen MR) is 269 cm³/mol. The first-order valence-electron chi connectivity index (χ1n) is 22.9. The highest BCUT2D eigenvalue weighted by Gasteiger charge is 2.31. The number of aromatic nitrogens is 2. The van der Waals surface area contributed by atoms with Crippen LogP contribution in [0.2, 0.25) is 0 Å². The molecule has 1 unspecified atom stereocenters. The van der Waals surface area contributed by atoms with Crippen molar-refractivity contribution >= 4 is 63.3 Å². The highest BCUT2D eigenvalue weighted by molar-refractivity contribution is 8.15. The molecule has 0 spiro atoms. The third kappa shape index (κ3) is 12.9. The van der Waals surface area contributed by atoms with Crippen molar-refractivity contribution in [1.29, 1.82) is 0 Å². The number of rotatable bonds is 16. The van der Waals surface area contributed by atoms with Gasteiger partial charge in [-0.3, -0.25) is 24.6 Å². The van der Waals surface area contributed by atoms with Gasteiger partial charge in [-0.1, -0.05) is 79.3 Å². The third-order valence-corrected chi connectivity index (χ3v) is 11.9. The molecule has 0 bridgehead atoms. The minimum absolute atomic E-state index is 0.204. The van der Waals surface area contributed by atoms with E-state index in [-0.39, 0.29) is 30.3 Å². The second kappa shape index (κ2) is 21.0. The van der Waals surface area contributed by atoms with E-state index in [9.17, 15) is 24.0 Å². The number of fused-ring (bicyclic) bond motifs is 1. The van der Waals surface area contributed by atoms with Gasteiger partial charge in [0.15, 0.2) is 6.61 Å². The Bertz CT molecular complexity index is 2880. The SMILES string of the molecule is CCCc1nc2c(C)cc(COc3ccc(NC(=O)COc4ccc(CC5SC(=O)NC5=O)cc4)c(N(C)C(=O)OC(C)(C)C)c3)cc2n1Cc1ccc(-c2ccccc2C(=O)OC(C)(C)C)cc1. The largest absolute Gasteiger partial charge is 0.489 e. The van der Waals surface area contributed by atoms with Gasteiger partial charge in [-0.2, -0.15) is 0 Å². The summed E-state index contributed by atoms with van der Waals surface area (Å²) < 4.78 is 25.8. The molecule has 1 aromatic heterocycles. The van der Waals surface area contributed by atoms with Crippen LogP contribution in [0.1, 0.15) is 93.3 Å². The van der Waals surface area contributed by atoms with Gasteiger partial charge in [0.25, 0.3) is 11.1 Å². The number of nitrogens with one attached hydrogen (secondary N) is 2. The number of benzene rings is 5. The van der Waals surface area contributed by atoms with Gasteiger partial charge in [-0.25, -0.2) is 14.6 Å². The molecule has 5 aromatic carbocycles. The second-order valence-corrected chi connectivity index (χ2v) is 20.1. The molecule has 1 aliphatic heterocycles. The van der Waals surface area contributed by atoms with Crippen LogP contribution in [-0.2, 0) is 45.1 Å². The number of imide groups is 1. The first-order chi connectivity index (χ1) is 32.7. The van der Waals surface area contributed by atoms with Crippen LogP contribution in [0.5, 0.6) is 11.5 Å². The molecule has 4 amide bonds. The van der Waals surface area contributed by atoms with E-state index < -0.39 is 28.5 Å². The average Bonchev–Trinajstić information content (AvgIpc) is 3.80. The fourth-order valence-electron chi connectivity index (χ4n) is 7.78. The Labute approximate surface area is 407 Å². The maximum absolute atomic E-state index is 13.4. The van der Waals surface area contributed by atoms with E-state index in [1.807, 2.05) is 58.0 Å². The number of hydrogen-bond acceptors (Lipinski definition) is 11. The predicted octanol–water partition coefficient (Wildman–Crippen LogP) is 10.8. The summed E-state index contributed by atoms with van der Waals surface area (Å²) in [6.45, 7) is 15.6. The Morgan fingerprint density at radius 1 is 0.812 bits per heavy atom. The average molecular weight is 954 g/mol. The molecule has 1 aliphatic rings. The molecule has 1 saturated heterocycles. The number of imidazole rings is 1. The van der Waals surface area contributed by atoms with Gasteiger partial charge in [0.2, 0.25) is 5.91 Å². The van der Waals surface area contributed by atoms with Crippen LogP contribution < -0.4 is 25.0 Å². The number of carbonyl (C=O) groups excluding carboxylic acids is 5. The van der Waals surface area contributed by atoms with E-state index in [4.69, 9.17) is 23.9 Å². The van der Waals surface area contributed by atoms with Crippen LogP contribution >= 0.6 is 11.8 Å². The monoisotopic (exact) mass is 953 g/mol. The number of nitrogens with zero attached hydrogens (tertiary/aromatic N) is 3. The molecule has 15 heteroatoms. The second-order valence-electron chi connectivity index (χ2n) is 19.0. The lowest BCUT2D eigenvalue weighted by Gasteiger charge is -2.26. The molecule has 1 atom stereocenters. The van der Waals surface area contributed by atoms with Crippen molar-refractivity contribution in [3.63, 3.8) is 0 Å². The van der Waals surface area contributed by atoms with Crippen molar-refractivity contribution in [2.24, 2.45) is 0 Å². The standard InChI is InChI=1S/C54H59N5O9S/c1-10-13-46-56-48-33(2)26-36(27-44(48)59(46)30-35-16-20-37(21-17-35)40-14-11-12-15-41(40)50(62)67-53(3,4)5)31-65-39-24-25-42(43(29-39)58(9)52(64)68-54(6,7)8)55-47(60)32-66-38-22-18-34(19-23-38)28-45-49(61)57-51(63)69-45/h11-12,14-27,29,45H,10,13,28,30-32H2,1-9H3,(H,55,60)(H,57,61,63). The number of anilines is 2. The van der Waals surface area contributed by atoms with Crippen molar-refractivity contribution in [3.05, 3.63) is 137 Å². The summed E-state index contributed by atoms with van der Waals surface area (Å²) >= 11 is 0.966. The number of esters is 1. The fourth-order valence-corrected chi connectivity index (χ4v) is 8.64. The zero-order chi connectivity index (χ0) is 49.6. The fraction of sp³-hybridized carbons (Fsp3) is 0.333. The molecule has 6 aromatic rings. The number of carbonyl (C=O) groups is 5. The number of thioether (sulfide) groups is 1. The zero-order valence-corrected chi connectivity index (χ0v) is 41.4. The quantitative estimate of drug-likeness (QED) is 0.0886. The first kappa shape index (κ1) is 49.8. The Morgan fingerprint density at radius 2 is 1.49 bits per heavy atom. The molecule has 14 nitrogen and oxygen atoms in total. The lowest BCUT2D eigenvalue weighted by Crippen LogP contribution is -2.34. The van der Waals surface area contributed by atoms with Crippen LogP contribution in [0.15, 0.2) is 103 Å². The van der Waals surface area contributed by atoms with Crippen molar-refractivity contribution in [2.45, 2.75) is 104 Å². The summed E-state index contributed by atoms with van der Waals surface area (Å²) in [6.07, 6.45) is 1.47. The molecule has 360 valence electrons. The van der Waals surface area contributed by atoms with Crippen molar-refractivity contribution in [2.75, 3.05) is 23.9 Å². The normalized spacial score (nSPS) is 13.8. The van der Waals surface area contributed by atoms with Crippen molar-refractivity contribution in [1.82, 2.24) is 14.9 Å². The zero-order valence-electron chi connectivity index (χ0n) is 40.6. The van der Waals surface area contributed by atoms with Crippen LogP contribution in [0.3, 0.4) is 0 Å². The highest BCUT2D eigenvalue weighted by atomic mass is 32.2. The maximum Gasteiger partial charge on any atom is 0.414 e. The number of ether oxygens (including phenoxy) is 4. The highest BCUT2D eigenvalue weighted by Crippen LogP contribution is 2.33. The van der Waals surface area contributed by atoms with Gasteiger partial charge in [-0.15, -0.1) is 0 Å². The molecule has 0 saturated carbocycles. The van der Waals surface area contributed by atoms with E-state index in [0.717, 1.165) is 74.8 Å². The molecular weight excluding hydrogens is 895 g/mol. The maximum atomic E-state index is 13.4. The number of aryl methyl sites for hydroxylation is 2. The lowest BCUT2D eigenvalue weighted by atomic mass is 9.98. The van der Waals surface area contributed by atoms with Gasteiger partial charge in [0.1, 0.15) is 35.1 Å². The van der Waals surface area contributed by atoms with Crippen LogP contribution in [0.25, 0.3) is 22.2 Å². The number of hydrogen-bond donors (Lipinski definition) is 2. The molecule has 0 aliphatic carbocycles. The summed E-state index contributed by atoms with van der Waals surface area (Å²) in [5, 5.41) is 4.31. The lowest BCUT2D eigenvalue weighted by molar-refractivity contribution is -0.119. The Hall–Kier alpha value is -7.13. The smallest absolute Gasteiger partial charge is 0.414 e. The van der Waals surface area contributed by atoms with Gasteiger partial charge >= 0.3 is 12.1 Å². The molecule has 2 N–H and O–H groups in total. The van der Waals surface area contributed by atoms with Crippen LogP contribution in [0.4, 0.5) is 21.0 Å². The summed E-state index contributed by atoms with van der Waals surface area (Å²) in [5.41, 5.74) is 7.27. The molecular formula is C54H59N5O9S. The van der Waals surface area contributed by atoms with E-state index in [0.29, 0.717) is 41.4 Å². The van der Waals surface area contributed by atoms with Gasteiger partial charge < -0.3 is 28.8 Å². The Morgan fingerprint density at radius 3 is 2.16 bits per heavy atom. The summed E-state index contributed by atoms with van der Waals surface area (Å²) in [7, 11) is 1.56. The first-order valence-corrected chi connectivity index (χ1v) is 23.8. The van der Waals surface area contributed by atoms with E-state index >= 15 is 0 Å². The topological polar surface area (TPSA) is 167 Å². The Kier molecular flexibility index (Phi) is 15.2. The van der Waals surface area contributed by atoms with Crippen LogP contribution in [0, 0.1) is 6.92 Å². The minimum atomic E-state index is -0.773. The Balaban J connectivity index is 1.07. The van der Waals surface area contributed by atoms with Gasteiger partial charge in [-0.05, 0) is 131 Å². The summed E-state index contributed by atoms with van der Waals surface area (Å²) in [5.74, 6) is 0.739. The van der Waals surface area contributed by atoms with E-state index in [2.05, 4.69) is 46.4 Å². The minimum Gasteiger partial charge on any atom is -0.489 e. The van der Waals surface area contributed by atoms with E-state index in [1.165, 1.54) is 4.90 Å². The third-order valence-electron chi connectivity index (χ3n) is 11.0. The summed E-state index contributed by atoms with van der Waals surface area (Å²) in [6, 6.07) is 31.9. The molecule has 7 rings (SSSR count). The molecule has 2 heterocycles. The molecule has 1 fully saturated rings. The van der Waals surface area contributed by atoms with Crippen molar-refractivity contribution < 1.29 is 42.9 Å². The van der Waals surface area contributed by atoms with Gasteiger partial charge in [0.05, 0.1) is 33.2 Å². The summed E-state index contributed by atoms with van der Waals surface area (Å²) in [4.78, 5) is 69.7. The van der Waals surface area contributed by atoms with Crippen molar-refractivity contribution in [3.8, 4) is 22.6 Å².